The largest absolute Gasteiger partial charge is 0.496 e. The second kappa shape index (κ2) is 8.29. The van der Waals surface area contributed by atoms with Crippen LogP contribution in [0.4, 0.5) is 5.95 Å². The summed E-state index contributed by atoms with van der Waals surface area (Å²) in [6, 6.07) is 5.59. The van der Waals surface area contributed by atoms with Gasteiger partial charge in [-0.1, -0.05) is 23.2 Å². The van der Waals surface area contributed by atoms with Gasteiger partial charge in [0.25, 0.3) is 0 Å². The molecule has 0 aliphatic carbocycles. The molecule has 0 saturated carbocycles. The molecule has 2 aromatic carbocycles. The third-order valence-corrected chi connectivity index (χ3v) is 4.91. The molecule has 3 aromatic rings. The Bertz CT molecular complexity index is 997. The molecule has 0 spiro atoms. The van der Waals surface area contributed by atoms with E-state index in [9.17, 15) is 0 Å². The van der Waals surface area contributed by atoms with Gasteiger partial charge in [0.05, 0.1) is 36.9 Å². The zero-order valence-electron chi connectivity index (χ0n) is 16.3. The van der Waals surface area contributed by atoms with Crippen molar-refractivity contribution in [2.45, 2.75) is 19.9 Å². The predicted octanol–water partition coefficient (Wildman–Crippen LogP) is 5.45. The molecule has 0 aliphatic rings. The third kappa shape index (κ3) is 3.75. The fourth-order valence-corrected chi connectivity index (χ4v) is 3.58. The van der Waals surface area contributed by atoms with Crippen molar-refractivity contribution in [3.05, 3.63) is 34.4 Å². The molecule has 8 heteroatoms. The molecule has 3 rings (SSSR count). The van der Waals surface area contributed by atoms with Crippen LogP contribution in [0.1, 0.15) is 13.8 Å². The number of aromatic nitrogens is 2. The van der Waals surface area contributed by atoms with Crippen LogP contribution in [0.15, 0.2) is 24.4 Å². The minimum atomic E-state index is 0.223. The fourth-order valence-electron chi connectivity index (χ4n) is 2.87. The molecule has 6 nitrogen and oxygen atoms in total. The lowest BCUT2D eigenvalue weighted by Crippen LogP contribution is -2.12. The zero-order chi connectivity index (χ0) is 20.4. The van der Waals surface area contributed by atoms with E-state index in [1.54, 1.807) is 19.4 Å². The molecular formula is C20H21Cl2N3O3. The quantitative estimate of drug-likeness (QED) is 0.570. The minimum absolute atomic E-state index is 0.223. The smallest absolute Gasteiger partial charge is 0.223 e. The van der Waals surface area contributed by atoms with Gasteiger partial charge in [0.1, 0.15) is 17.2 Å². The van der Waals surface area contributed by atoms with Gasteiger partial charge in [0, 0.05) is 40.9 Å². The van der Waals surface area contributed by atoms with Crippen molar-refractivity contribution in [3.8, 4) is 28.4 Å². The predicted molar refractivity (Wildman–Crippen MR) is 113 cm³/mol. The third-order valence-electron chi connectivity index (χ3n) is 4.16. The molecule has 0 unspecified atom stereocenters. The van der Waals surface area contributed by atoms with Crippen molar-refractivity contribution < 1.29 is 14.2 Å². The van der Waals surface area contributed by atoms with Gasteiger partial charge >= 0.3 is 0 Å². The highest BCUT2D eigenvalue weighted by molar-refractivity contribution is 6.41. The van der Waals surface area contributed by atoms with Crippen LogP contribution in [0.2, 0.25) is 10.0 Å². The Kier molecular flexibility index (Phi) is 6.01. The summed E-state index contributed by atoms with van der Waals surface area (Å²) < 4.78 is 16.4. The summed E-state index contributed by atoms with van der Waals surface area (Å²) in [6.07, 6.45) is 1.75. The van der Waals surface area contributed by atoms with Gasteiger partial charge in [0.15, 0.2) is 0 Å². The number of benzene rings is 2. The van der Waals surface area contributed by atoms with Crippen LogP contribution >= 0.6 is 23.2 Å². The van der Waals surface area contributed by atoms with E-state index in [0.29, 0.717) is 44.4 Å². The number of halogens is 2. The first-order valence-corrected chi connectivity index (χ1v) is 9.36. The van der Waals surface area contributed by atoms with E-state index in [1.165, 1.54) is 14.2 Å². The minimum Gasteiger partial charge on any atom is -0.496 e. The second-order valence-electron chi connectivity index (χ2n) is 6.39. The van der Waals surface area contributed by atoms with Crippen molar-refractivity contribution in [1.82, 2.24) is 9.97 Å². The van der Waals surface area contributed by atoms with E-state index < -0.39 is 0 Å². The number of hydrogen-bond donors (Lipinski definition) is 1. The normalized spacial score (nSPS) is 11.0. The Balaban J connectivity index is 2.26. The van der Waals surface area contributed by atoms with E-state index in [2.05, 4.69) is 15.3 Å². The Morgan fingerprint density at radius 2 is 1.50 bits per heavy atom. The van der Waals surface area contributed by atoms with Gasteiger partial charge in [-0.05, 0) is 19.9 Å². The van der Waals surface area contributed by atoms with Crippen molar-refractivity contribution in [1.29, 1.82) is 0 Å². The molecule has 0 fully saturated rings. The molecule has 0 aliphatic heterocycles. The molecule has 1 N–H and O–H groups in total. The standard InChI is InChI=1S/C20H21Cl2N3O3/c1-10(2)24-20-23-9-11-6-12(14(26-3)7-13(11)25-20)17-18(21)15(27-4)8-16(28-5)19(17)22/h6-10H,1-5H3,(H,23,24,25). The summed E-state index contributed by atoms with van der Waals surface area (Å²) in [6.45, 7) is 4.05. The van der Waals surface area contributed by atoms with E-state index in [-0.39, 0.29) is 6.04 Å². The Labute approximate surface area is 173 Å². The highest BCUT2D eigenvalue weighted by Gasteiger charge is 2.22. The summed E-state index contributed by atoms with van der Waals surface area (Å²) in [4.78, 5) is 8.92. The number of hydrogen-bond acceptors (Lipinski definition) is 6. The maximum absolute atomic E-state index is 6.58. The highest BCUT2D eigenvalue weighted by Crippen LogP contribution is 2.49. The molecule has 1 aromatic heterocycles. The van der Waals surface area contributed by atoms with Crippen LogP contribution in [0.3, 0.4) is 0 Å². The van der Waals surface area contributed by atoms with Crippen molar-refractivity contribution in [2.24, 2.45) is 0 Å². The van der Waals surface area contributed by atoms with Gasteiger partial charge in [-0.3, -0.25) is 0 Å². The second-order valence-corrected chi connectivity index (χ2v) is 7.14. The summed E-state index contributed by atoms with van der Waals surface area (Å²) in [5, 5.41) is 4.74. The molecule has 0 saturated heterocycles. The number of nitrogens with one attached hydrogen (secondary N) is 1. The van der Waals surface area contributed by atoms with Crippen molar-refractivity contribution in [2.75, 3.05) is 26.6 Å². The summed E-state index contributed by atoms with van der Waals surface area (Å²) >= 11 is 13.2. The van der Waals surface area contributed by atoms with Gasteiger partial charge in [0.2, 0.25) is 5.95 Å². The van der Waals surface area contributed by atoms with Gasteiger partial charge in [-0.25, -0.2) is 9.97 Å². The molecule has 1 heterocycles. The van der Waals surface area contributed by atoms with Crippen LogP contribution < -0.4 is 19.5 Å². The molecule has 28 heavy (non-hydrogen) atoms. The van der Waals surface area contributed by atoms with Crippen molar-refractivity contribution >= 4 is 40.1 Å². The average molecular weight is 422 g/mol. The number of anilines is 1. The maximum Gasteiger partial charge on any atom is 0.223 e. The topological polar surface area (TPSA) is 65.5 Å². The Morgan fingerprint density at radius 3 is 2.04 bits per heavy atom. The van der Waals surface area contributed by atoms with Gasteiger partial charge in [-0.2, -0.15) is 0 Å². The SMILES string of the molecule is COc1cc2nc(NC(C)C)ncc2cc1-c1c(Cl)c(OC)cc(OC)c1Cl. The van der Waals surface area contributed by atoms with E-state index in [1.807, 2.05) is 26.0 Å². The summed E-state index contributed by atoms with van der Waals surface area (Å²) in [5.41, 5.74) is 1.99. The van der Waals surface area contributed by atoms with Crippen LogP contribution in [0.25, 0.3) is 22.0 Å². The summed E-state index contributed by atoms with van der Waals surface area (Å²) in [7, 11) is 4.65. The molecule has 0 radical (unpaired) electrons. The number of rotatable bonds is 6. The number of fused-ring (bicyclic) bond motifs is 1. The fraction of sp³-hybridized carbons (Fsp3) is 0.300. The zero-order valence-corrected chi connectivity index (χ0v) is 17.8. The van der Waals surface area contributed by atoms with Crippen LogP contribution in [-0.2, 0) is 0 Å². The molecule has 148 valence electrons. The van der Waals surface area contributed by atoms with Crippen LogP contribution in [0.5, 0.6) is 17.2 Å². The monoisotopic (exact) mass is 421 g/mol. The van der Waals surface area contributed by atoms with E-state index in [0.717, 1.165) is 10.9 Å². The van der Waals surface area contributed by atoms with Crippen molar-refractivity contribution in [3.63, 3.8) is 0 Å². The number of nitrogens with zero attached hydrogens (tertiary/aromatic N) is 2. The molecular weight excluding hydrogens is 401 g/mol. The van der Waals surface area contributed by atoms with Crippen LogP contribution in [0, 0.1) is 0 Å². The first kappa shape index (κ1) is 20.3. The summed E-state index contributed by atoms with van der Waals surface area (Å²) in [5.74, 6) is 2.03. The first-order valence-electron chi connectivity index (χ1n) is 8.61. The molecule has 0 amide bonds. The molecule has 0 bridgehead atoms. The van der Waals surface area contributed by atoms with E-state index >= 15 is 0 Å². The lowest BCUT2D eigenvalue weighted by molar-refractivity contribution is 0.394. The van der Waals surface area contributed by atoms with E-state index in [4.69, 9.17) is 37.4 Å². The highest BCUT2D eigenvalue weighted by atomic mass is 35.5. The Morgan fingerprint density at radius 1 is 0.893 bits per heavy atom. The first-order chi connectivity index (χ1) is 13.4. The average Bonchev–Trinajstić information content (AvgIpc) is 2.67. The lowest BCUT2D eigenvalue weighted by atomic mass is 10.0. The maximum atomic E-state index is 6.58. The van der Waals surface area contributed by atoms with Gasteiger partial charge in [-0.15, -0.1) is 0 Å². The van der Waals surface area contributed by atoms with Gasteiger partial charge < -0.3 is 19.5 Å². The Hall–Kier alpha value is -2.44. The number of methoxy groups -OCH3 is 3. The van der Waals surface area contributed by atoms with Crippen LogP contribution in [-0.4, -0.2) is 37.3 Å². The number of ether oxygens (including phenoxy) is 3. The molecule has 0 atom stereocenters. The lowest BCUT2D eigenvalue weighted by Gasteiger charge is -2.17.